The molecule has 2 heterocycles. The molecule has 2 aromatic carbocycles. The molecule has 29 heavy (non-hydrogen) atoms. The van der Waals surface area contributed by atoms with Crippen LogP contribution >= 0.6 is 36.4 Å². The number of nitrogens with one attached hydrogen (secondary N) is 1. The Bertz CT molecular complexity index is 909. The molecule has 4 rings (SSSR count). The van der Waals surface area contributed by atoms with Crippen LogP contribution in [0.3, 0.4) is 0 Å². The molecular formula is C23H30Cl3N3. The fourth-order valence-corrected chi connectivity index (χ4v) is 4.52. The molecule has 6 heteroatoms. The lowest BCUT2D eigenvalue weighted by atomic mass is 10.1. The first-order valence-electron chi connectivity index (χ1n) is 10.0. The van der Waals surface area contributed by atoms with Gasteiger partial charge in [0.15, 0.2) is 0 Å². The number of likely N-dealkylation sites (tertiary alicyclic amines) is 1. The topological polar surface area (TPSA) is 20.2 Å². The van der Waals surface area contributed by atoms with Gasteiger partial charge in [-0.3, -0.25) is 4.90 Å². The normalized spacial score (nSPS) is 16.6. The summed E-state index contributed by atoms with van der Waals surface area (Å²) in [5.74, 6) is 0. The van der Waals surface area contributed by atoms with Gasteiger partial charge >= 0.3 is 0 Å². The lowest BCUT2D eigenvalue weighted by Crippen LogP contribution is -2.37. The van der Waals surface area contributed by atoms with Crippen molar-refractivity contribution < 1.29 is 0 Å². The van der Waals surface area contributed by atoms with E-state index < -0.39 is 0 Å². The van der Waals surface area contributed by atoms with E-state index in [1.54, 1.807) is 0 Å². The first-order valence-corrected chi connectivity index (χ1v) is 10.4. The molecule has 1 fully saturated rings. The van der Waals surface area contributed by atoms with Crippen LogP contribution in [0.25, 0.3) is 10.9 Å². The average Bonchev–Trinajstić information content (AvgIpc) is 3.29. The van der Waals surface area contributed by atoms with Crippen LogP contribution in [0.2, 0.25) is 5.02 Å². The van der Waals surface area contributed by atoms with Crippen LogP contribution in [0.4, 0.5) is 0 Å². The number of para-hydroxylation sites is 1. The number of hydrogen-bond donors (Lipinski definition) is 1. The largest absolute Gasteiger partial charge is 0.343 e. The van der Waals surface area contributed by atoms with Crippen molar-refractivity contribution in [3.05, 3.63) is 70.9 Å². The maximum absolute atomic E-state index is 6.39. The Morgan fingerprint density at radius 2 is 1.79 bits per heavy atom. The minimum Gasteiger partial charge on any atom is -0.343 e. The summed E-state index contributed by atoms with van der Waals surface area (Å²) in [5.41, 5.74) is 3.79. The van der Waals surface area contributed by atoms with E-state index in [2.05, 4.69) is 64.3 Å². The van der Waals surface area contributed by atoms with E-state index in [4.69, 9.17) is 11.6 Å². The van der Waals surface area contributed by atoms with Crippen LogP contribution in [0.1, 0.15) is 30.9 Å². The minimum absolute atomic E-state index is 0. The van der Waals surface area contributed by atoms with Gasteiger partial charge < -0.3 is 9.88 Å². The quantitative estimate of drug-likeness (QED) is 0.490. The van der Waals surface area contributed by atoms with Crippen molar-refractivity contribution in [3.63, 3.8) is 0 Å². The van der Waals surface area contributed by atoms with Crippen LogP contribution < -0.4 is 5.32 Å². The molecule has 1 aliphatic heterocycles. The maximum Gasteiger partial charge on any atom is 0.0491 e. The summed E-state index contributed by atoms with van der Waals surface area (Å²) in [6, 6.07) is 17.5. The SMILES string of the molecule is CCN1CCCC1CNCc1cn(Cc2ccccc2Cl)c2ccccc12.Cl.Cl. The molecule has 158 valence electrons. The highest BCUT2D eigenvalue weighted by molar-refractivity contribution is 6.31. The number of likely N-dealkylation sites (N-methyl/N-ethyl adjacent to an activating group) is 1. The van der Waals surface area contributed by atoms with Crippen LogP contribution in [0.5, 0.6) is 0 Å². The van der Waals surface area contributed by atoms with Gasteiger partial charge in [0.25, 0.3) is 0 Å². The summed E-state index contributed by atoms with van der Waals surface area (Å²) < 4.78 is 2.32. The van der Waals surface area contributed by atoms with Gasteiger partial charge in [0, 0.05) is 47.8 Å². The number of benzene rings is 2. The molecule has 1 unspecified atom stereocenters. The standard InChI is InChI=1S/C23H28ClN3.2ClH/c1-2-26-13-7-9-20(26)15-25-14-19-17-27(23-12-6-4-10-21(19)23)16-18-8-3-5-11-22(18)24;;/h3-6,8,10-12,17,20,25H,2,7,9,13-16H2,1H3;2*1H. The smallest absolute Gasteiger partial charge is 0.0491 e. The molecule has 0 aliphatic carbocycles. The molecule has 1 atom stereocenters. The zero-order chi connectivity index (χ0) is 18.6. The molecule has 3 nitrogen and oxygen atoms in total. The second-order valence-corrected chi connectivity index (χ2v) is 7.85. The number of hydrogen-bond acceptors (Lipinski definition) is 2. The van der Waals surface area contributed by atoms with Crippen molar-refractivity contribution in [3.8, 4) is 0 Å². The molecule has 0 radical (unpaired) electrons. The summed E-state index contributed by atoms with van der Waals surface area (Å²) in [7, 11) is 0. The Hall–Kier alpha value is -1.23. The third kappa shape index (κ3) is 5.48. The van der Waals surface area contributed by atoms with Crippen LogP contribution in [-0.2, 0) is 13.1 Å². The van der Waals surface area contributed by atoms with E-state index in [-0.39, 0.29) is 24.8 Å². The lowest BCUT2D eigenvalue weighted by Gasteiger charge is -2.22. The molecular weight excluding hydrogens is 425 g/mol. The summed E-state index contributed by atoms with van der Waals surface area (Å²) in [4.78, 5) is 2.59. The zero-order valence-electron chi connectivity index (χ0n) is 16.8. The van der Waals surface area contributed by atoms with Gasteiger partial charge in [-0.25, -0.2) is 0 Å². The number of nitrogens with zero attached hydrogens (tertiary/aromatic N) is 2. The van der Waals surface area contributed by atoms with E-state index in [0.717, 1.165) is 36.8 Å². The molecule has 3 aromatic rings. The minimum atomic E-state index is 0. The molecule has 1 aliphatic rings. The van der Waals surface area contributed by atoms with Crippen LogP contribution in [-0.4, -0.2) is 35.1 Å². The Kier molecular flexibility index (Phi) is 9.32. The Morgan fingerprint density at radius 1 is 1.03 bits per heavy atom. The van der Waals surface area contributed by atoms with E-state index in [0.29, 0.717) is 6.04 Å². The van der Waals surface area contributed by atoms with Gasteiger partial charge in [0.05, 0.1) is 0 Å². The second-order valence-electron chi connectivity index (χ2n) is 7.45. The molecule has 1 N–H and O–H groups in total. The van der Waals surface area contributed by atoms with E-state index in [9.17, 15) is 0 Å². The first-order chi connectivity index (χ1) is 13.3. The van der Waals surface area contributed by atoms with Crippen LogP contribution in [0, 0.1) is 0 Å². The van der Waals surface area contributed by atoms with E-state index in [1.165, 1.54) is 35.9 Å². The van der Waals surface area contributed by atoms with Gasteiger partial charge in [0.2, 0.25) is 0 Å². The van der Waals surface area contributed by atoms with Gasteiger partial charge in [-0.15, -0.1) is 24.8 Å². The van der Waals surface area contributed by atoms with E-state index >= 15 is 0 Å². The van der Waals surface area contributed by atoms with Gasteiger partial charge in [0.1, 0.15) is 0 Å². The number of aromatic nitrogens is 1. The Morgan fingerprint density at radius 3 is 2.59 bits per heavy atom. The average molecular weight is 455 g/mol. The van der Waals surface area contributed by atoms with Gasteiger partial charge in [-0.1, -0.05) is 54.9 Å². The van der Waals surface area contributed by atoms with Crippen molar-refractivity contribution in [1.29, 1.82) is 0 Å². The fraction of sp³-hybridized carbons (Fsp3) is 0.391. The number of halogens is 3. The van der Waals surface area contributed by atoms with Crippen molar-refractivity contribution in [2.45, 2.75) is 38.9 Å². The highest BCUT2D eigenvalue weighted by Crippen LogP contribution is 2.24. The number of fused-ring (bicyclic) bond motifs is 1. The maximum atomic E-state index is 6.39. The monoisotopic (exact) mass is 453 g/mol. The molecule has 0 amide bonds. The summed E-state index contributed by atoms with van der Waals surface area (Å²) in [6.07, 6.45) is 4.93. The second kappa shape index (κ2) is 11.2. The van der Waals surface area contributed by atoms with Gasteiger partial charge in [-0.2, -0.15) is 0 Å². The first kappa shape index (κ1) is 24.0. The third-order valence-electron chi connectivity index (χ3n) is 5.77. The van der Waals surface area contributed by atoms with Crippen molar-refractivity contribution in [1.82, 2.24) is 14.8 Å². The van der Waals surface area contributed by atoms with Crippen molar-refractivity contribution in [2.75, 3.05) is 19.6 Å². The molecule has 0 saturated carbocycles. The predicted molar refractivity (Wildman–Crippen MR) is 129 cm³/mol. The highest BCUT2D eigenvalue weighted by atomic mass is 35.5. The fourth-order valence-electron chi connectivity index (χ4n) is 4.32. The molecule has 0 spiro atoms. The number of rotatable bonds is 7. The Labute approximate surface area is 191 Å². The van der Waals surface area contributed by atoms with Crippen molar-refractivity contribution >= 4 is 47.3 Å². The summed E-state index contributed by atoms with van der Waals surface area (Å²) in [6.45, 7) is 7.44. The zero-order valence-corrected chi connectivity index (χ0v) is 19.2. The summed E-state index contributed by atoms with van der Waals surface area (Å²) in [5, 5.41) is 5.87. The third-order valence-corrected chi connectivity index (χ3v) is 6.14. The lowest BCUT2D eigenvalue weighted by molar-refractivity contribution is 0.260. The Balaban J connectivity index is 0.00000150. The summed E-state index contributed by atoms with van der Waals surface area (Å²) >= 11 is 6.39. The molecule has 0 bridgehead atoms. The molecule has 1 aromatic heterocycles. The molecule has 1 saturated heterocycles. The van der Waals surface area contributed by atoms with Crippen molar-refractivity contribution in [2.24, 2.45) is 0 Å². The van der Waals surface area contributed by atoms with Crippen LogP contribution in [0.15, 0.2) is 54.7 Å². The van der Waals surface area contributed by atoms with E-state index in [1.807, 2.05) is 12.1 Å². The van der Waals surface area contributed by atoms with Gasteiger partial charge in [-0.05, 0) is 49.2 Å². The highest BCUT2D eigenvalue weighted by Gasteiger charge is 2.22. The predicted octanol–water partition coefficient (Wildman–Crippen LogP) is 5.76.